The second-order valence-electron chi connectivity index (χ2n) is 5.29. The number of rotatable bonds is 4. The molecule has 0 unspecified atom stereocenters. The number of amides is 2. The van der Waals surface area contributed by atoms with Crippen LogP contribution in [0, 0.1) is 12.7 Å². The Labute approximate surface area is 152 Å². The Morgan fingerprint density at radius 1 is 1.12 bits per heavy atom. The number of hydrogen-bond acceptors (Lipinski definition) is 5. The van der Waals surface area contributed by atoms with Gasteiger partial charge in [0.2, 0.25) is 0 Å². The van der Waals surface area contributed by atoms with Crippen LogP contribution in [0.5, 0.6) is 0 Å². The highest BCUT2D eigenvalue weighted by molar-refractivity contribution is 6.31. The molecule has 2 aromatic heterocycles. The molecule has 0 bridgehead atoms. The molecule has 3 rings (SSSR count). The van der Waals surface area contributed by atoms with Gasteiger partial charge in [-0.3, -0.25) is 14.6 Å². The van der Waals surface area contributed by atoms with E-state index >= 15 is 0 Å². The normalized spacial score (nSPS) is 10.4. The van der Waals surface area contributed by atoms with Gasteiger partial charge in [-0.25, -0.2) is 4.39 Å². The zero-order valence-electron chi connectivity index (χ0n) is 13.4. The van der Waals surface area contributed by atoms with Crippen LogP contribution in [0.4, 0.5) is 15.9 Å². The minimum absolute atomic E-state index is 0.0236. The third kappa shape index (κ3) is 4.04. The van der Waals surface area contributed by atoms with Crippen molar-refractivity contribution in [1.29, 1.82) is 0 Å². The molecule has 0 aliphatic carbocycles. The molecular formula is C17H12ClFN4O3. The average Bonchev–Trinajstić information content (AvgIpc) is 3.03. The quantitative estimate of drug-likeness (QED) is 0.726. The van der Waals surface area contributed by atoms with Gasteiger partial charge in [0, 0.05) is 23.5 Å². The number of benzene rings is 1. The first-order valence-electron chi connectivity index (χ1n) is 7.39. The molecule has 2 amide bonds. The third-order valence-corrected chi connectivity index (χ3v) is 3.59. The molecule has 0 radical (unpaired) electrons. The molecule has 0 saturated carbocycles. The third-order valence-electron chi connectivity index (χ3n) is 3.30. The number of aryl methyl sites for hydroxylation is 1. The fraction of sp³-hybridized carbons (Fsp3) is 0.0588. The monoisotopic (exact) mass is 374 g/mol. The first-order valence-corrected chi connectivity index (χ1v) is 7.77. The van der Waals surface area contributed by atoms with Crippen LogP contribution in [0.15, 0.2) is 47.1 Å². The summed E-state index contributed by atoms with van der Waals surface area (Å²) in [6.45, 7) is 1.69. The maximum atomic E-state index is 13.2. The SMILES string of the molecule is Cc1cc(NC(=O)c2cc(C(=O)Nc3ccc(F)c(Cl)c3)ccn2)no1. The minimum Gasteiger partial charge on any atom is -0.360 e. The van der Waals surface area contributed by atoms with E-state index in [0.717, 1.165) is 6.07 Å². The molecule has 0 saturated heterocycles. The van der Waals surface area contributed by atoms with Crippen LogP contribution in [0.25, 0.3) is 0 Å². The Hall–Kier alpha value is -3.26. The zero-order valence-corrected chi connectivity index (χ0v) is 14.2. The highest BCUT2D eigenvalue weighted by atomic mass is 35.5. The van der Waals surface area contributed by atoms with Crippen LogP contribution >= 0.6 is 11.6 Å². The molecule has 0 aliphatic rings. The second kappa shape index (κ2) is 7.32. The maximum absolute atomic E-state index is 13.2. The van der Waals surface area contributed by atoms with E-state index in [1.807, 2.05) is 0 Å². The molecule has 0 fully saturated rings. The highest BCUT2D eigenvalue weighted by Crippen LogP contribution is 2.20. The van der Waals surface area contributed by atoms with E-state index in [2.05, 4.69) is 20.8 Å². The van der Waals surface area contributed by atoms with Gasteiger partial charge in [-0.1, -0.05) is 16.8 Å². The van der Waals surface area contributed by atoms with Crippen molar-refractivity contribution in [2.24, 2.45) is 0 Å². The van der Waals surface area contributed by atoms with Crippen LogP contribution in [0.3, 0.4) is 0 Å². The van der Waals surface area contributed by atoms with E-state index in [1.165, 1.54) is 30.5 Å². The van der Waals surface area contributed by atoms with Gasteiger partial charge in [0.05, 0.1) is 5.02 Å². The summed E-state index contributed by atoms with van der Waals surface area (Å²) < 4.78 is 18.0. The van der Waals surface area contributed by atoms with Gasteiger partial charge in [0.25, 0.3) is 11.8 Å². The van der Waals surface area contributed by atoms with Gasteiger partial charge in [-0.15, -0.1) is 0 Å². The Balaban J connectivity index is 1.74. The van der Waals surface area contributed by atoms with Crippen LogP contribution in [0.2, 0.25) is 5.02 Å². The number of carbonyl (C=O) groups is 2. The van der Waals surface area contributed by atoms with Crippen molar-refractivity contribution in [1.82, 2.24) is 10.1 Å². The largest absolute Gasteiger partial charge is 0.360 e. The van der Waals surface area contributed by atoms with Crippen LogP contribution in [-0.2, 0) is 0 Å². The molecule has 0 atom stereocenters. The molecule has 2 N–H and O–H groups in total. The minimum atomic E-state index is -0.587. The van der Waals surface area contributed by atoms with E-state index < -0.39 is 17.6 Å². The molecule has 7 nitrogen and oxygen atoms in total. The average molecular weight is 375 g/mol. The summed E-state index contributed by atoms with van der Waals surface area (Å²) >= 11 is 5.69. The molecule has 9 heteroatoms. The van der Waals surface area contributed by atoms with Crippen molar-refractivity contribution >= 4 is 34.9 Å². The first-order chi connectivity index (χ1) is 12.4. The summed E-state index contributed by atoms with van der Waals surface area (Å²) in [4.78, 5) is 28.4. The van der Waals surface area contributed by atoms with Crippen molar-refractivity contribution in [2.45, 2.75) is 6.92 Å². The fourth-order valence-electron chi connectivity index (χ4n) is 2.08. The summed E-state index contributed by atoms with van der Waals surface area (Å²) in [5.74, 6) is -0.848. The predicted molar refractivity (Wildman–Crippen MR) is 92.8 cm³/mol. The Morgan fingerprint density at radius 2 is 1.92 bits per heavy atom. The van der Waals surface area contributed by atoms with E-state index in [4.69, 9.17) is 16.1 Å². The lowest BCUT2D eigenvalue weighted by molar-refractivity contribution is 0.102. The number of nitrogens with zero attached hydrogens (tertiary/aromatic N) is 2. The smallest absolute Gasteiger partial charge is 0.275 e. The van der Waals surface area contributed by atoms with Crippen LogP contribution in [-0.4, -0.2) is 22.0 Å². The molecule has 3 aromatic rings. The second-order valence-corrected chi connectivity index (χ2v) is 5.70. The topological polar surface area (TPSA) is 97.1 Å². The number of hydrogen-bond donors (Lipinski definition) is 2. The predicted octanol–water partition coefficient (Wildman–Crippen LogP) is 3.68. The first kappa shape index (κ1) is 17.6. The number of pyridine rings is 1. The van der Waals surface area contributed by atoms with E-state index in [1.54, 1.807) is 13.0 Å². The molecule has 2 heterocycles. The number of carbonyl (C=O) groups excluding carboxylic acids is 2. The van der Waals surface area contributed by atoms with E-state index in [0.29, 0.717) is 11.4 Å². The van der Waals surface area contributed by atoms with Gasteiger partial charge < -0.3 is 15.2 Å². The lowest BCUT2D eigenvalue weighted by Crippen LogP contribution is -2.17. The molecule has 1 aromatic carbocycles. The Morgan fingerprint density at radius 3 is 2.62 bits per heavy atom. The Kier molecular flexibility index (Phi) is 4.94. The van der Waals surface area contributed by atoms with Gasteiger partial charge >= 0.3 is 0 Å². The van der Waals surface area contributed by atoms with E-state index in [9.17, 15) is 14.0 Å². The van der Waals surface area contributed by atoms with Crippen molar-refractivity contribution in [3.05, 3.63) is 70.5 Å². The summed E-state index contributed by atoms with van der Waals surface area (Å²) in [5, 5.41) is 8.62. The molecular weight excluding hydrogens is 363 g/mol. The van der Waals surface area contributed by atoms with Gasteiger partial charge in [0.15, 0.2) is 5.82 Å². The van der Waals surface area contributed by atoms with Crippen LogP contribution < -0.4 is 10.6 Å². The molecule has 132 valence electrons. The number of nitrogens with one attached hydrogen (secondary N) is 2. The van der Waals surface area contributed by atoms with Gasteiger partial charge in [0.1, 0.15) is 17.3 Å². The van der Waals surface area contributed by atoms with Gasteiger partial charge in [-0.05, 0) is 37.3 Å². The molecule has 26 heavy (non-hydrogen) atoms. The maximum Gasteiger partial charge on any atom is 0.275 e. The fourth-order valence-corrected chi connectivity index (χ4v) is 2.26. The van der Waals surface area contributed by atoms with Crippen LogP contribution in [0.1, 0.15) is 26.6 Å². The lowest BCUT2D eigenvalue weighted by Gasteiger charge is -2.07. The molecule has 0 spiro atoms. The van der Waals surface area contributed by atoms with Crippen molar-refractivity contribution in [2.75, 3.05) is 10.6 Å². The zero-order chi connectivity index (χ0) is 18.7. The summed E-state index contributed by atoms with van der Waals surface area (Å²) in [5.41, 5.74) is 0.541. The standard InChI is InChI=1S/C17H12ClFN4O3/c1-9-6-15(23-26-9)22-17(25)14-7-10(4-5-20-14)16(24)21-11-2-3-13(19)12(18)8-11/h2-8H,1H3,(H,21,24)(H,22,23,25). The van der Waals surface area contributed by atoms with Gasteiger partial charge in [-0.2, -0.15) is 0 Å². The molecule has 0 aliphatic heterocycles. The number of anilines is 2. The summed E-state index contributed by atoms with van der Waals surface area (Å²) in [7, 11) is 0. The summed E-state index contributed by atoms with van der Waals surface area (Å²) in [6, 6.07) is 8.12. The van der Waals surface area contributed by atoms with Crippen molar-refractivity contribution < 1.29 is 18.5 Å². The Bertz CT molecular complexity index is 990. The van der Waals surface area contributed by atoms with Crippen molar-refractivity contribution in [3.8, 4) is 0 Å². The van der Waals surface area contributed by atoms with E-state index in [-0.39, 0.29) is 22.1 Å². The summed E-state index contributed by atoms with van der Waals surface area (Å²) in [6.07, 6.45) is 1.33. The van der Waals surface area contributed by atoms with Crippen molar-refractivity contribution in [3.63, 3.8) is 0 Å². The number of halogens is 2. The lowest BCUT2D eigenvalue weighted by atomic mass is 10.2. The number of aromatic nitrogens is 2. The highest BCUT2D eigenvalue weighted by Gasteiger charge is 2.14.